The molecule has 4 amide bonds. The molecule has 6 heteroatoms. The van der Waals surface area contributed by atoms with Crippen LogP contribution in [0.25, 0.3) is 0 Å². The Labute approximate surface area is 121 Å². The lowest BCUT2D eigenvalue weighted by Gasteiger charge is -2.20. The lowest BCUT2D eigenvalue weighted by molar-refractivity contribution is -0.144. The maximum absolute atomic E-state index is 12.4. The van der Waals surface area contributed by atoms with Gasteiger partial charge in [-0.1, -0.05) is 12.2 Å². The molecule has 2 fully saturated rings. The van der Waals surface area contributed by atoms with Crippen LogP contribution in [0.2, 0.25) is 0 Å². The lowest BCUT2D eigenvalue weighted by Crippen LogP contribution is -2.41. The third-order valence-electron chi connectivity index (χ3n) is 5.01. The zero-order chi connectivity index (χ0) is 14.7. The highest BCUT2D eigenvalue weighted by molar-refractivity contribution is 6.13. The summed E-state index contributed by atoms with van der Waals surface area (Å²) in [5.41, 5.74) is 0. The second kappa shape index (κ2) is 4.13. The van der Waals surface area contributed by atoms with Gasteiger partial charge in [0.2, 0.25) is 11.8 Å². The topological polar surface area (TPSA) is 74.8 Å². The molecule has 21 heavy (non-hydrogen) atoms. The standard InChI is InChI=1S/C15H14N2O4/c18-10-3-4-11(19)16(10)5-6-17-14(20)12-8-1-2-9(7-8)13(12)15(17)21/h1-4,8-9,12-13H,5-7H2/t8-,9+,12+,13-. The Morgan fingerprint density at radius 3 is 1.81 bits per heavy atom. The first kappa shape index (κ1) is 12.5. The summed E-state index contributed by atoms with van der Waals surface area (Å²) in [4.78, 5) is 50.1. The van der Waals surface area contributed by atoms with Crippen molar-refractivity contribution in [1.82, 2.24) is 9.80 Å². The van der Waals surface area contributed by atoms with Crippen molar-refractivity contribution in [2.45, 2.75) is 6.42 Å². The zero-order valence-corrected chi connectivity index (χ0v) is 11.3. The summed E-state index contributed by atoms with van der Waals surface area (Å²) < 4.78 is 0. The Kier molecular flexibility index (Phi) is 2.46. The van der Waals surface area contributed by atoms with Gasteiger partial charge in [0.15, 0.2) is 0 Å². The van der Waals surface area contributed by atoms with E-state index in [1.54, 1.807) is 0 Å². The number of amides is 4. The van der Waals surface area contributed by atoms with Crippen LogP contribution in [-0.2, 0) is 19.2 Å². The average molecular weight is 286 g/mol. The number of imide groups is 2. The van der Waals surface area contributed by atoms with Gasteiger partial charge in [0.25, 0.3) is 11.8 Å². The molecule has 1 saturated heterocycles. The molecule has 4 atom stereocenters. The molecule has 0 radical (unpaired) electrons. The zero-order valence-electron chi connectivity index (χ0n) is 11.3. The summed E-state index contributed by atoms with van der Waals surface area (Å²) in [5, 5.41) is 0. The molecule has 2 aliphatic carbocycles. The van der Waals surface area contributed by atoms with Crippen molar-refractivity contribution in [1.29, 1.82) is 0 Å². The van der Waals surface area contributed by atoms with Crippen LogP contribution in [-0.4, -0.2) is 46.5 Å². The minimum Gasteiger partial charge on any atom is -0.280 e. The van der Waals surface area contributed by atoms with E-state index in [0.717, 1.165) is 11.3 Å². The van der Waals surface area contributed by atoms with Crippen molar-refractivity contribution in [2.75, 3.05) is 13.1 Å². The molecule has 0 N–H and O–H groups in total. The van der Waals surface area contributed by atoms with Crippen LogP contribution < -0.4 is 0 Å². The first-order valence-electron chi connectivity index (χ1n) is 7.15. The summed E-state index contributed by atoms with van der Waals surface area (Å²) >= 11 is 0. The molecule has 2 bridgehead atoms. The largest absolute Gasteiger partial charge is 0.280 e. The fourth-order valence-corrected chi connectivity index (χ4v) is 4.04. The molecule has 0 aromatic rings. The molecule has 0 spiro atoms. The smallest absolute Gasteiger partial charge is 0.253 e. The van der Waals surface area contributed by atoms with Gasteiger partial charge in [-0.2, -0.15) is 0 Å². The SMILES string of the molecule is O=C1C=CC(=O)N1CCN1C(=O)[C@@H]2[C@H](C1=O)[C@H]1C=C[C@@H]2C1. The van der Waals surface area contributed by atoms with Crippen molar-refractivity contribution in [3.8, 4) is 0 Å². The van der Waals surface area contributed by atoms with E-state index in [1.807, 2.05) is 12.2 Å². The van der Waals surface area contributed by atoms with E-state index in [-0.39, 0.29) is 60.4 Å². The molecule has 2 aliphatic heterocycles. The van der Waals surface area contributed by atoms with Crippen LogP contribution in [0.15, 0.2) is 24.3 Å². The lowest BCUT2D eigenvalue weighted by atomic mass is 9.85. The highest BCUT2D eigenvalue weighted by Crippen LogP contribution is 2.52. The Morgan fingerprint density at radius 2 is 1.29 bits per heavy atom. The molecule has 1 saturated carbocycles. The molecule has 0 aromatic carbocycles. The number of carbonyl (C=O) groups excluding carboxylic acids is 4. The van der Waals surface area contributed by atoms with Crippen LogP contribution in [0.4, 0.5) is 0 Å². The van der Waals surface area contributed by atoms with Crippen molar-refractivity contribution in [3.05, 3.63) is 24.3 Å². The van der Waals surface area contributed by atoms with Gasteiger partial charge in [0.05, 0.1) is 11.8 Å². The molecular formula is C15H14N2O4. The Morgan fingerprint density at radius 1 is 0.810 bits per heavy atom. The number of hydrogen-bond donors (Lipinski definition) is 0. The van der Waals surface area contributed by atoms with Crippen LogP contribution >= 0.6 is 0 Å². The van der Waals surface area contributed by atoms with Crippen molar-refractivity contribution in [3.63, 3.8) is 0 Å². The molecule has 0 aromatic heterocycles. The molecular weight excluding hydrogens is 272 g/mol. The molecule has 6 nitrogen and oxygen atoms in total. The van der Waals surface area contributed by atoms with Crippen LogP contribution in [0, 0.1) is 23.7 Å². The predicted molar refractivity (Wildman–Crippen MR) is 70.3 cm³/mol. The van der Waals surface area contributed by atoms with E-state index in [4.69, 9.17) is 0 Å². The predicted octanol–water partition coefficient (Wildman–Crippen LogP) is -0.282. The summed E-state index contributed by atoms with van der Waals surface area (Å²) in [5.74, 6) is -1.16. The number of rotatable bonds is 3. The average Bonchev–Trinajstić information content (AvgIpc) is 3.18. The molecule has 2 heterocycles. The quantitative estimate of drug-likeness (QED) is 0.528. The first-order valence-corrected chi connectivity index (χ1v) is 7.15. The summed E-state index contributed by atoms with van der Waals surface area (Å²) in [6, 6.07) is 0. The van der Waals surface area contributed by atoms with Gasteiger partial charge in [-0.05, 0) is 18.3 Å². The van der Waals surface area contributed by atoms with E-state index in [2.05, 4.69) is 0 Å². The van der Waals surface area contributed by atoms with Crippen LogP contribution in [0.5, 0.6) is 0 Å². The maximum atomic E-state index is 12.4. The minimum absolute atomic E-state index is 0.0738. The summed E-state index contributed by atoms with van der Waals surface area (Å²) in [7, 11) is 0. The van der Waals surface area contributed by atoms with Crippen LogP contribution in [0.3, 0.4) is 0 Å². The van der Waals surface area contributed by atoms with Crippen molar-refractivity contribution >= 4 is 23.6 Å². The highest BCUT2D eigenvalue weighted by atomic mass is 16.2. The number of nitrogens with zero attached hydrogens (tertiary/aromatic N) is 2. The molecule has 0 unspecified atom stereocenters. The Bertz CT molecular complexity index is 588. The van der Waals surface area contributed by atoms with Gasteiger partial charge >= 0.3 is 0 Å². The third-order valence-corrected chi connectivity index (χ3v) is 5.01. The van der Waals surface area contributed by atoms with Gasteiger partial charge in [-0.3, -0.25) is 29.0 Å². The van der Waals surface area contributed by atoms with Gasteiger partial charge in [0.1, 0.15) is 0 Å². The molecule has 4 rings (SSSR count). The number of carbonyl (C=O) groups is 4. The summed E-state index contributed by atoms with van der Waals surface area (Å²) in [6.07, 6.45) is 7.38. The molecule has 4 aliphatic rings. The van der Waals surface area contributed by atoms with Crippen LogP contribution in [0.1, 0.15) is 6.42 Å². The second-order valence-corrected chi connectivity index (χ2v) is 5.99. The van der Waals surface area contributed by atoms with E-state index in [0.29, 0.717) is 0 Å². The van der Waals surface area contributed by atoms with E-state index in [1.165, 1.54) is 17.1 Å². The Hall–Kier alpha value is -2.24. The van der Waals surface area contributed by atoms with E-state index < -0.39 is 0 Å². The number of allylic oxidation sites excluding steroid dienone is 2. The van der Waals surface area contributed by atoms with E-state index in [9.17, 15) is 19.2 Å². The van der Waals surface area contributed by atoms with Gasteiger partial charge < -0.3 is 0 Å². The second-order valence-electron chi connectivity index (χ2n) is 5.99. The molecule has 108 valence electrons. The van der Waals surface area contributed by atoms with Crippen molar-refractivity contribution in [2.24, 2.45) is 23.7 Å². The highest BCUT2D eigenvalue weighted by Gasteiger charge is 2.59. The summed E-state index contributed by atoms with van der Waals surface area (Å²) in [6.45, 7) is 0.174. The third kappa shape index (κ3) is 1.58. The number of fused-ring (bicyclic) bond motifs is 5. The maximum Gasteiger partial charge on any atom is 0.253 e. The Balaban J connectivity index is 1.48. The van der Waals surface area contributed by atoms with Gasteiger partial charge in [0, 0.05) is 25.2 Å². The number of hydrogen-bond acceptors (Lipinski definition) is 4. The first-order chi connectivity index (χ1) is 10.1. The van der Waals surface area contributed by atoms with E-state index >= 15 is 0 Å². The van der Waals surface area contributed by atoms with Crippen molar-refractivity contribution < 1.29 is 19.2 Å². The van der Waals surface area contributed by atoms with Gasteiger partial charge in [-0.15, -0.1) is 0 Å². The minimum atomic E-state index is -0.388. The normalized spacial score (nSPS) is 36.6. The fraction of sp³-hybridized carbons (Fsp3) is 0.467. The number of likely N-dealkylation sites (tertiary alicyclic amines) is 1. The monoisotopic (exact) mass is 286 g/mol. The van der Waals surface area contributed by atoms with Gasteiger partial charge in [-0.25, -0.2) is 0 Å². The fourth-order valence-electron chi connectivity index (χ4n) is 4.04.